The van der Waals surface area contributed by atoms with Gasteiger partial charge in [0, 0.05) is 11.1 Å². The fraction of sp³-hybridized carbons (Fsp3) is 0.133. The van der Waals surface area contributed by atoms with E-state index in [0.29, 0.717) is 16.7 Å². The number of nitrogens with one attached hydrogen (secondary N) is 1. The van der Waals surface area contributed by atoms with Crippen molar-refractivity contribution in [3.8, 4) is 0 Å². The first-order valence-electron chi connectivity index (χ1n) is 6.10. The molecule has 0 aliphatic carbocycles. The topological polar surface area (TPSA) is 69.6 Å². The Morgan fingerprint density at radius 3 is 2.45 bits per heavy atom. The number of hydrogen-bond acceptors (Lipinski definition) is 3. The van der Waals surface area contributed by atoms with E-state index in [2.05, 4.69) is 5.32 Å². The van der Waals surface area contributed by atoms with Crippen molar-refractivity contribution in [1.82, 2.24) is 5.32 Å². The predicted octanol–water partition coefficient (Wildman–Crippen LogP) is 1.45. The summed E-state index contributed by atoms with van der Waals surface area (Å²) in [4.78, 5) is 11.8. The lowest BCUT2D eigenvalue weighted by molar-refractivity contribution is -0.0948. The van der Waals surface area contributed by atoms with Crippen molar-refractivity contribution in [2.75, 3.05) is 0 Å². The lowest BCUT2D eigenvalue weighted by Gasteiger charge is -2.29. The minimum atomic E-state index is -1.91. The smallest absolute Gasteiger partial charge is 0.254 e. The highest BCUT2D eigenvalue weighted by Crippen LogP contribution is 2.38. The Morgan fingerprint density at radius 1 is 1.10 bits per heavy atom. The summed E-state index contributed by atoms with van der Waals surface area (Å²) in [5.74, 6) is -0.895. The average molecular weight is 273 g/mol. The Labute approximate surface area is 114 Å². The summed E-state index contributed by atoms with van der Waals surface area (Å²) in [5.41, 5.74) is -0.977. The number of aliphatic hydroxyl groups is 2. The maximum Gasteiger partial charge on any atom is 0.254 e. The van der Waals surface area contributed by atoms with Gasteiger partial charge >= 0.3 is 0 Å². The fourth-order valence-electron chi connectivity index (χ4n) is 2.42. The van der Waals surface area contributed by atoms with Crippen LogP contribution in [0.25, 0.3) is 0 Å². The molecule has 0 saturated carbocycles. The van der Waals surface area contributed by atoms with Gasteiger partial charge in [0.1, 0.15) is 11.9 Å². The van der Waals surface area contributed by atoms with Gasteiger partial charge in [-0.25, -0.2) is 4.39 Å². The number of fused-ring (bicyclic) bond motifs is 1. The molecule has 0 bridgehead atoms. The van der Waals surface area contributed by atoms with Crippen LogP contribution in [0.5, 0.6) is 0 Å². The van der Waals surface area contributed by atoms with Crippen LogP contribution in [-0.4, -0.2) is 16.1 Å². The van der Waals surface area contributed by atoms with Crippen molar-refractivity contribution in [3.63, 3.8) is 0 Å². The van der Waals surface area contributed by atoms with Crippen molar-refractivity contribution in [2.24, 2.45) is 0 Å². The molecule has 2 unspecified atom stereocenters. The summed E-state index contributed by atoms with van der Waals surface area (Å²) < 4.78 is 12.9. The van der Waals surface area contributed by atoms with Crippen molar-refractivity contribution in [3.05, 3.63) is 71.0 Å². The van der Waals surface area contributed by atoms with E-state index in [0.717, 1.165) is 0 Å². The Balaban J connectivity index is 2.05. The summed E-state index contributed by atoms with van der Waals surface area (Å²) in [6.45, 7) is 0. The molecule has 102 valence electrons. The van der Waals surface area contributed by atoms with E-state index >= 15 is 0 Å². The number of amides is 1. The molecule has 0 spiro atoms. The summed E-state index contributed by atoms with van der Waals surface area (Å²) in [6, 6.07) is 11.6. The van der Waals surface area contributed by atoms with Crippen LogP contribution in [-0.2, 0) is 5.72 Å². The third kappa shape index (κ3) is 1.79. The van der Waals surface area contributed by atoms with Gasteiger partial charge in [-0.1, -0.05) is 30.3 Å². The molecule has 4 nitrogen and oxygen atoms in total. The van der Waals surface area contributed by atoms with Gasteiger partial charge in [0.25, 0.3) is 5.91 Å². The quantitative estimate of drug-likeness (QED) is 0.775. The van der Waals surface area contributed by atoms with Gasteiger partial charge in [0.15, 0.2) is 5.72 Å². The molecule has 0 radical (unpaired) electrons. The summed E-state index contributed by atoms with van der Waals surface area (Å²) >= 11 is 0. The zero-order chi connectivity index (χ0) is 14.3. The van der Waals surface area contributed by atoms with E-state index in [4.69, 9.17) is 0 Å². The van der Waals surface area contributed by atoms with E-state index in [9.17, 15) is 19.4 Å². The molecule has 0 aromatic heterocycles. The second-order valence-corrected chi connectivity index (χ2v) is 4.72. The van der Waals surface area contributed by atoms with Gasteiger partial charge in [-0.15, -0.1) is 0 Å². The van der Waals surface area contributed by atoms with Crippen LogP contribution >= 0.6 is 0 Å². The van der Waals surface area contributed by atoms with Crippen LogP contribution in [0, 0.1) is 5.82 Å². The highest BCUT2D eigenvalue weighted by atomic mass is 19.1. The molecule has 1 amide bonds. The maximum atomic E-state index is 12.9. The van der Waals surface area contributed by atoms with Crippen LogP contribution in [0.2, 0.25) is 0 Å². The molecular formula is C15H12FNO3. The Kier molecular flexibility index (Phi) is 2.81. The van der Waals surface area contributed by atoms with Crippen molar-refractivity contribution >= 4 is 5.91 Å². The minimum absolute atomic E-state index is 0.307. The third-order valence-electron chi connectivity index (χ3n) is 3.47. The average Bonchev–Trinajstić information content (AvgIpc) is 2.72. The zero-order valence-electron chi connectivity index (χ0n) is 10.4. The van der Waals surface area contributed by atoms with Crippen molar-refractivity contribution < 1.29 is 19.4 Å². The van der Waals surface area contributed by atoms with Gasteiger partial charge in [0.2, 0.25) is 0 Å². The van der Waals surface area contributed by atoms with Gasteiger partial charge in [-0.2, -0.15) is 0 Å². The molecule has 2 atom stereocenters. The lowest BCUT2D eigenvalue weighted by Crippen LogP contribution is -2.44. The van der Waals surface area contributed by atoms with E-state index in [1.165, 1.54) is 24.3 Å². The number of benzene rings is 2. The SMILES string of the molecule is O=C1NC(O)(C(O)c2ccc(F)cc2)c2ccccc21. The normalized spacial score (nSPS) is 22.2. The summed E-state index contributed by atoms with van der Waals surface area (Å²) in [5, 5.41) is 23.4. The molecule has 20 heavy (non-hydrogen) atoms. The molecule has 0 saturated heterocycles. The number of hydrogen-bond donors (Lipinski definition) is 3. The molecule has 5 heteroatoms. The molecule has 3 rings (SSSR count). The van der Waals surface area contributed by atoms with Gasteiger partial charge in [-0.05, 0) is 23.8 Å². The maximum absolute atomic E-state index is 12.9. The highest BCUT2D eigenvalue weighted by molar-refractivity contribution is 5.99. The fourth-order valence-corrected chi connectivity index (χ4v) is 2.42. The molecule has 1 aliphatic heterocycles. The van der Waals surface area contributed by atoms with Gasteiger partial charge in [0.05, 0.1) is 0 Å². The van der Waals surface area contributed by atoms with Crippen LogP contribution < -0.4 is 5.32 Å². The second kappa shape index (κ2) is 4.40. The van der Waals surface area contributed by atoms with Crippen LogP contribution in [0.4, 0.5) is 4.39 Å². The highest BCUT2D eigenvalue weighted by Gasteiger charge is 2.47. The van der Waals surface area contributed by atoms with Crippen LogP contribution in [0.3, 0.4) is 0 Å². The predicted molar refractivity (Wildman–Crippen MR) is 69.2 cm³/mol. The van der Waals surface area contributed by atoms with Gasteiger partial charge in [-0.3, -0.25) is 4.79 Å². The van der Waals surface area contributed by atoms with E-state index < -0.39 is 23.6 Å². The number of carbonyl (C=O) groups is 1. The van der Waals surface area contributed by atoms with Crippen LogP contribution in [0.15, 0.2) is 48.5 Å². The lowest BCUT2D eigenvalue weighted by atomic mass is 9.92. The van der Waals surface area contributed by atoms with Gasteiger partial charge < -0.3 is 15.5 Å². The molecule has 0 fully saturated rings. The Hall–Kier alpha value is -2.24. The largest absolute Gasteiger partial charge is 0.383 e. The first kappa shape index (κ1) is 12.8. The molecule has 2 aromatic rings. The molecule has 3 N–H and O–H groups in total. The number of aliphatic hydroxyl groups excluding tert-OH is 1. The molecular weight excluding hydrogens is 261 g/mol. The first-order valence-corrected chi connectivity index (χ1v) is 6.10. The molecule has 1 aliphatic rings. The summed E-state index contributed by atoms with van der Waals surface area (Å²) in [7, 11) is 0. The minimum Gasteiger partial charge on any atom is -0.383 e. The second-order valence-electron chi connectivity index (χ2n) is 4.72. The van der Waals surface area contributed by atoms with E-state index in [1.54, 1.807) is 24.3 Å². The zero-order valence-corrected chi connectivity index (χ0v) is 10.4. The third-order valence-corrected chi connectivity index (χ3v) is 3.47. The Bertz CT molecular complexity index is 671. The first-order chi connectivity index (χ1) is 9.52. The standard InChI is InChI=1S/C15H12FNO3/c16-10-7-5-9(6-8-10)13(18)15(20)12-4-2-1-3-11(12)14(19)17-15/h1-8,13,18,20H,(H,17,19). The summed E-state index contributed by atoms with van der Waals surface area (Å²) in [6.07, 6.45) is -1.39. The van der Waals surface area contributed by atoms with E-state index in [-0.39, 0.29) is 0 Å². The Morgan fingerprint density at radius 2 is 1.75 bits per heavy atom. The van der Waals surface area contributed by atoms with Crippen LogP contribution in [0.1, 0.15) is 27.6 Å². The van der Waals surface area contributed by atoms with E-state index in [1.807, 2.05) is 0 Å². The molecule has 2 aromatic carbocycles. The number of carbonyl (C=O) groups excluding carboxylic acids is 1. The number of rotatable bonds is 2. The molecule has 1 heterocycles. The number of halogens is 1. The van der Waals surface area contributed by atoms with Crippen molar-refractivity contribution in [2.45, 2.75) is 11.8 Å². The monoisotopic (exact) mass is 273 g/mol. The van der Waals surface area contributed by atoms with Crippen molar-refractivity contribution in [1.29, 1.82) is 0 Å².